The van der Waals surface area contributed by atoms with Crippen molar-refractivity contribution in [2.24, 2.45) is 0 Å². The van der Waals surface area contributed by atoms with Crippen LogP contribution in [0.5, 0.6) is 5.88 Å². The van der Waals surface area contributed by atoms with Gasteiger partial charge < -0.3 is 9.64 Å². The normalized spacial score (nSPS) is 13.7. The minimum atomic E-state index is -2.99. The Bertz CT molecular complexity index is 986. The number of carbonyl (C=O) groups excluding carboxylic acids is 1. The zero-order chi connectivity index (χ0) is 19.7. The van der Waals surface area contributed by atoms with Crippen LogP contribution in [0.15, 0.2) is 48.8 Å². The van der Waals surface area contributed by atoms with Gasteiger partial charge in [0.05, 0.1) is 4.88 Å². The minimum Gasteiger partial charge on any atom is -0.471 e. The van der Waals surface area contributed by atoms with Crippen LogP contribution in [0.3, 0.4) is 0 Å². The van der Waals surface area contributed by atoms with Gasteiger partial charge in [-0.2, -0.15) is 0 Å². The van der Waals surface area contributed by atoms with Crippen LogP contribution in [0.2, 0.25) is 0 Å². The predicted octanol–water partition coefficient (Wildman–Crippen LogP) is 4.40. The average Bonchev–Trinajstić information content (AvgIpc) is 3.30. The summed E-state index contributed by atoms with van der Waals surface area (Å²) in [4.78, 5) is 19.5. The highest BCUT2D eigenvalue weighted by Crippen LogP contribution is 2.31. The maximum absolute atomic E-state index is 13.1. The molecule has 1 amide bonds. The molecule has 0 spiro atoms. The van der Waals surface area contributed by atoms with Crippen LogP contribution in [-0.2, 0) is 13.1 Å². The van der Waals surface area contributed by atoms with Crippen molar-refractivity contribution < 1.29 is 18.3 Å². The van der Waals surface area contributed by atoms with Crippen molar-refractivity contribution in [1.29, 1.82) is 0 Å². The number of halogens is 2. The first-order chi connectivity index (χ1) is 13.4. The molecular formula is C20H17F2N3O2S. The summed E-state index contributed by atoms with van der Waals surface area (Å²) in [6, 6.07) is 11.6. The molecule has 0 aliphatic carbocycles. The zero-order valence-corrected chi connectivity index (χ0v) is 15.9. The van der Waals surface area contributed by atoms with E-state index in [1.54, 1.807) is 17.2 Å². The van der Waals surface area contributed by atoms with Gasteiger partial charge in [0.2, 0.25) is 5.88 Å². The fraction of sp³-hybridized carbons (Fsp3) is 0.250. The zero-order valence-electron chi connectivity index (χ0n) is 15.1. The van der Waals surface area contributed by atoms with Crippen molar-refractivity contribution in [3.63, 3.8) is 0 Å². The largest absolute Gasteiger partial charge is 0.471 e. The lowest BCUT2D eigenvalue weighted by Crippen LogP contribution is -2.25. The molecule has 28 heavy (non-hydrogen) atoms. The number of amides is 1. The van der Waals surface area contributed by atoms with E-state index in [2.05, 4.69) is 9.36 Å². The van der Waals surface area contributed by atoms with Gasteiger partial charge in [-0.3, -0.25) is 4.79 Å². The molecule has 0 radical (unpaired) electrons. The van der Waals surface area contributed by atoms with Crippen molar-refractivity contribution in [1.82, 2.24) is 14.3 Å². The predicted molar refractivity (Wildman–Crippen MR) is 101 cm³/mol. The molecule has 0 N–H and O–H groups in total. The van der Waals surface area contributed by atoms with Crippen LogP contribution in [0, 0.1) is 0 Å². The molecule has 3 aromatic rings. The molecule has 1 aromatic carbocycles. The molecule has 0 saturated heterocycles. The fourth-order valence-electron chi connectivity index (χ4n) is 3.07. The number of pyridine rings is 1. The van der Waals surface area contributed by atoms with Gasteiger partial charge in [-0.25, -0.2) is 18.1 Å². The lowest BCUT2D eigenvalue weighted by Gasteiger charge is -2.16. The summed E-state index contributed by atoms with van der Waals surface area (Å²) in [5.74, 6) is -3.29. The van der Waals surface area contributed by atoms with Crippen molar-refractivity contribution in [2.45, 2.75) is 25.9 Å². The van der Waals surface area contributed by atoms with E-state index < -0.39 is 12.5 Å². The Balaban J connectivity index is 1.49. The Kier molecular flexibility index (Phi) is 4.80. The van der Waals surface area contributed by atoms with Gasteiger partial charge in [-0.05, 0) is 40.4 Å². The van der Waals surface area contributed by atoms with Crippen LogP contribution in [0.1, 0.15) is 28.4 Å². The highest BCUT2D eigenvalue weighted by atomic mass is 32.1. The SMILES string of the molecule is CC(F)(F)COc1nccc2c1C(=O)N(Cc1ccc(-c3ccns3)cc1)C2. The van der Waals surface area contributed by atoms with Gasteiger partial charge in [0.15, 0.2) is 6.61 Å². The second-order valence-corrected chi connectivity index (χ2v) is 7.58. The molecule has 0 unspecified atom stereocenters. The second-order valence-electron chi connectivity index (χ2n) is 6.74. The van der Waals surface area contributed by atoms with E-state index in [9.17, 15) is 13.6 Å². The smallest absolute Gasteiger partial charge is 0.278 e. The van der Waals surface area contributed by atoms with E-state index in [1.807, 2.05) is 30.3 Å². The minimum absolute atomic E-state index is 0.0351. The van der Waals surface area contributed by atoms with Crippen molar-refractivity contribution in [3.05, 3.63) is 65.5 Å². The van der Waals surface area contributed by atoms with E-state index in [1.165, 1.54) is 17.7 Å². The standard InChI is InChI=1S/C20H17F2N3O2S/c1-20(21,22)12-27-18-17-15(6-8-23-18)11-25(19(17)26)10-13-2-4-14(5-3-13)16-7-9-24-28-16/h2-9H,10-12H2,1H3. The Labute approximate surface area is 164 Å². The third-order valence-corrected chi connectivity index (χ3v) is 5.17. The van der Waals surface area contributed by atoms with Gasteiger partial charge in [-0.15, -0.1) is 0 Å². The molecular weight excluding hydrogens is 384 g/mol. The van der Waals surface area contributed by atoms with Crippen molar-refractivity contribution in [3.8, 4) is 16.3 Å². The van der Waals surface area contributed by atoms with Crippen molar-refractivity contribution >= 4 is 17.4 Å². The molecule has 0 bridgehead atoms. The number of hydrogen-bond donors (Lipinski definition) is 0. The van der Waals surface area contributed by atoms with Gasteiger partial charge in [0.1, 0.15) is 5.56 Å². The summed E-state index contributed by atoms with van der Waals surface area (Å²) in [6.07, 6.45) is 3.23. The highest BCUT2D eigenvalue weighted by Gasteiger charge is 2.33. The topological polar surface area (TPSA) is 55.3 Å². The van der Waals surface area contributed by atoms with Crippen LogP contribution in [-0.4, -0.2) is 32.7 Å². The Morgan fingerprint density at radius 2 is 1.96 bits per heavy atom. The van der Waals surface area contributed by atoms with E-state index in [4.69, 9.17) is 4.74 Å². The van der Waals surface area contributed by atoms with Gasteiger partial charge in [0.25, 0.3) is 11.8 Å². The number of alkyl halides is 2. The van der Waals surface area contributed by atoms with E-state index in [0.29, 0.717) is 13.1 Å². The molecule has 5 nitrogen and oxygen atoms in total. The number of rotatable bonds is 6. The maximum Gasteiger partial charge on any atom is 0.278 e. The van der Waals surface area contributed by atoms with Gasteiger partial charge in [-0.1, -0.05) is 24.3 Å². The van der Waals surface area contributed by atoms with Crippen LogP contribution in [0.4, 0.5) is 8.78 Å². The van der Waals surface area contributed by atoms with Crippen molar-refractivity contribution in [2.75, 3.05) is 6.61 Å². The van der Waals surface area contributed by atoms with Crippen LogP contribution >= 0.6 is 11.5 Å². The second kappa shape index (κ2) is 7.27. The highest BCUT2D eigenvalue weighted by molar-refractivity contribution is 7.09. The van der Waals surface area contributed by atoms with Gasteiger partial charge >= 0.3 is 0 Å². The molecule has 1 aliphatic rings. The molecule has 8 heteroatoms. The average molecular weight is 401 g/mol. The lowest BCUT2D eigenvalue weighted by molar-refractivity contribution is -0.0245. The van der Waals surface area contributed by atoms with Gasteiger partial charge in [0, 0.05) is 32.4 Å². The summed E-state index contributed by atoms with van der Waals surface area (Å²) >= 11 is 1.43. The monoisotopic (exact) mass is 401 g/mol. The third kappa shape index (κ3) is 3.87. The first-order valence-electron chi connectivity index (χ1n) is 8.68. The number of fused-ring (bicyclic) bond motifs is 1. The Hall–Kier alpha value is -2.87. The lowest BCUT2D eigenvalue weighted by atomic mass is 10.1. The fourth-order valence-corrected chi connectivity index (χ4v) is 3.67. The van der Waals surface area contributed by atoms with E-state index in [-0.39, 0.29) is 17.4 Å². The Morgan fingerprint density at radius 3 is 2.64 bits per heavy atom. The summed E-state index contributed by atoms with van der Waals surface area (Å²) in [7, 11) is 0. The number of aromatic nitrogens is 2. The summed E-state index contributed by atoms with van der Waals surface area (Å²) in [6.45, 7) is 0.759. The molecule has 0 saturated carbocycles. The number of carbonyl (C=O) groups is 1. The summed E-state index contributed by atoms with van der Waals surface area (Å²) < 4.78 is 35.4. The van der Waals surface area contributed by atoms with Crippen LogP contribution in [0.25, 0.3) is 10.4 Å². The molecule has 4 rings (SSSR count). The number of hydrogen-bond acceptors (Lipinski definition) is 5. The maximum atomic E-state index is 13.1. The summed E-state index contributed by atoms with van der Waals surface area (Å²) in [5.41, 5.74) is 3.05. The molecule has 144 valence electrons. The Morgan fingerprint density at radius 1 is 1.18 bits per heavy atom. The van der Waals surface area contributed by atoms with E-state index >= 15 is 0 Å². The number of benzene rings is 1. The summed E-state index contributed by atoms with van der Waals surface area (Å²) in [5, 5.41) is 0. The molecule has 0 atom stereocenters. The molecule has 1 aliphatic heterocycles. The molecule has 0 fully saturated rings. The molecule has 3 heterocycles. The first kappa shape index (κ1) is 18.5. The third-order valence-electron chi connectivity index (χ3n) is 4.38. The van der Waals surface area contributed by atoms with Crippen LogP contribution < -0.4 is 4.74 Å². The number of ether oxygens (including phenoxy) is 1. The first-order valence-corrected chi connectivity index (χ1v) is 9.46. The van der Waals surface area contributed by atoms with E-state index in [0.717, 1.165) is 28.5 Å². The number of nitrogens with zero attached hydrogens (tertiary/aromatic N) is 3. The quantitative estimate of drug-likeness (QED) is 0.615. The molecule has 2 aromatic heterocycles.